The third kappa shape index (κ3) is 4.77. The summed E-state index contributed by atoms with van der Waals surface area (Å²) in [5, 5.41) is 0. The minimum absolute atomic E-state index is 0.160. The number of aryl methyl sites for hydroxylation is 1. The van der Waals surface area contributed by atoms with Gasteiger partial charge in [-0.25, -0.2) is 9.37 Å². The second-order valence-corrected chi connectivity index (χ2v) is 6.26. The van der Waals surface area contributed by atoms with Gasteiger partial charge in [0.15, 0.2) is 0 Å². The molecule has 0 saturated carbocycles. The molecular formula is C22H20FN3O2. The van der Waals surface area contributed by atoms with E-state index in [1.165, 1.54) is 17.0 Å². The SMILES string of the molecule is C#CCN(Cc1ccc(F)cc1)C(=O)c1ccc(OCc2nccn2C)cc1. The van der Waals surface area contributed by atoms with E-state index in [2.05, 4.69) is 10.9 Å². The molecule has 0 radical (unpaired) electrons. The summed E-state index contributed by atoms with van der Waals surface area (Å²) in [6.07, 6.45) is 8.97. The fourth-order valence-corrected chi connectivity index (χ4v) is 2.68. The first-order valence-corrected chi connectivity index (χ1v) is 8.73. The molecule has 0 aliphatic heterocycles. The lowest BCUT2D eigenvalue weighted by atomic mass is 10.1. The van der Waals surface area contributed by atoms with Gasteiger partial charge < -0.3 is 14.2 Å². The Labute approximate surface area is 163 Å². The quantitative estimate of drug-likeness (QED) is 0.593. The van der Waals surface area contributed by atoms with E-state index in [1.807, 2.05) is 17.8 Å². The van der Waals surface area contributed by atoms with Gasteiger partial charge >= 0.3 is 0 Å². The molecule has 2 aromatic carbocycles. The van der Waals surface area contributed by atoms with Crippen LogP contribution in [0.25, 0.3) is 0 Å². The molecule has 1 aromatic heterocycles. The zero-order chi connectivity index (χ0) is 19.9. The van der Waals surface area contributed by atoms with E-state index in [4.69, 9.17) is 11.2 Å². The Morgan fingerprint density at radius 2 is 1.93 bits per heavy atom. The second kappa shape index (κ2) is 8.87. The van der Waals surface area contributed by atoms with Crippen LogP contribution in [-0.4, -0.2) is 26.9 Å². The summed E-state index contributed by atoms with van der Waals surface area (Å²) in [6, 6.07) is 12.9. The first-order chi connectivity index (χ1) is 13.6. The molecule has 6 heteroatoms. The maximum Gasteiger partial charge on any atom is 0.254 e. The van der Waals surface area contributed by atoms with Crippen LogP contribution in [0, 0.1) is 18.2 Å². The van der Waals surface area contributed by atoms with E-state index < -0.39 is 0 Å². The van der Waals surface area contributed by atoms with E-state index in [0.717, 1.165) is 11.4 Å². The van der Waals surface area contributed by atoms with Crippen LogP contribution >= 0.6 is 0 Å². The highest BCUT2D eigenvalue weighted by Gasteiger charge is 2.15. The lowest BCUT2D eigenvalue weighted by Gasteiger charge is -2.20. The summed E-state index contributed by atoms with van der Waals surface area (Å²) in [5.74, 6) is 3.43. The van der Waals surface area contributed by atoms with Gasteiger partial charge in [-0.15, -0.1) is 6.42 Å². The van der Waals surface area contributed by atoms with Gasteiger partial charge in [0.05, 0.1) is 6.54 Å². The Morgan fingerprint density at radius 1 is 1.21 bits per heavy atom. The van der Waals surface area contributed by atoms with Crippen LogP contribution in [-0.2, 0) is 20.2 Å². The van der Waals surface area contributed by atoms with Gasteiger partial charge in [-0.3, -0.25) is 4.79 Å². The van der Waals surface area contributed by atoms with Crippen LogP contribution in [0.5, 0.6) is 5.75 Å². The highest BCUT2D eigenvalue weighted by Crippen LogP contribution is 2.16. The molecule has 3 rings (SSSR count). The molecule has 3 aromatic rings. The number of halogens is 1. The Hall–Kier alpha value is -3.59. The third-order valence-corrected chi connectivity index (χ3v) is 4.25. The first-order valence-electron chi connectivity index (χ1n) is 8.73. The van der Waals surface area contributed by atoms with Crippen molar-refractivity contribution in [2.45, 2.75) is 13.2 Å². The van der Waals surface area contributed by atoms with Crippen molar-refractivity contribution in [1.29, 1.82) is 0 Å². The van der Waals surface area contributed by atoms with Crippen molar-refractivity contribution in [2.75, 3.05) is 6.54 Å². The Morgan fingerprint density at radius 3 is 2.54 bits per heavy atom. The van der Waals surface area contributed by atoms with Gasteiger partial charge in [0.25, 0.3) is 5.91 Å². The number of hydrogen-bond donors (Lipinski definition) is 0. The van der Waals surface area contributed by atoms with Crippen LogP contribution in [0.4, 0.5) is 4.39 Å². The molecule has 0 fully saturated rings. The number of rotatable bonds is 7. The van der Waals surface area contributed by atoms with Crippen molar-refractivity contribution >= 4 is 5.91 Å². The summed E-state index contributed by atoms with van der Waals surface area (Å²) in [6.45, 7) is 0.804. The zero-order valence-corrected chi connectivity index (χ0v) is 15.5. The fraction of sp³-hybridized carbons (Fsp3) is 0.182. The normalized spacial score (nSPS) is 10.3. The molecule has 1 heterocycles. The van der Waals surface area contributed by atoms with Crippen LogP contribution < -0.4 is 4.74 Å². The molecule has 0 saturated heterocycles. The molecule has 0 bridgehead atoms. The minimum atomic E-state index is -0.320. The standard InChI is InChI=1S/C22H20FN3O2/c1-3-13-26(15-17-4-8-19(23)9-5-17)22(27)18-6-10-20(11-7-18)28-16-21-24-12-14-25(21)2/h1,4-12,14H,13,15-16H2,2H3. The highest BCUT2D eigenvalue weighted by atomic mass is 19.1. The summed E-state index contributed by atoms with van der Waals surface area (Å²) in [7, 11) is 1.90. The molecule has 0 aliphatic rings. The number of amides is 1. The lowest BCUT2D eigenvalue weighted by molar-refractivity contribution is 0.0765. The Bertz CT molecular complexity index is 972. The average molecular weight is 377 g/mol. The van der Waals surface area contributed by atoms with E-state index >= 15 is 0 Å². The molecule has 0 spiro atoms. The van der Waals surface area contributed by atoms with Crippen molar-refractivity contribution in [2.24, 2.45) is 7.05 Å². The molecule has 0 aliphatic carbocycles. The summed E-state index contributed by atoms with van der Waals surface area (Å²) in [4.78, 5) is 18.5. The largest absolute Gasteiger partial charge is 0.486 e. The van der Waals surface area contributed by atoms with Crippen LogP contribution in [0.15, 0.2) is 60.9 Å². The van der Waals surface area contributed by atoms with Crippen molar-refractivity contribution in [3.05, 3.63) is 83.7 Å². The highest BCUT2D eigenvalue weighted by molar-refractivity contribution is 5.94. The molecule has 28 heavy (non-hydrogen) atoms. The summed E-state index contributed by atoms with van der Waals surface area (Å²) >= 11 is 0. The predicted molar refractivity (Wildman–Crippen MR) is 104 cm³/mol. The average Bonchev–Trinajstić information content (AvgIpc) is 3.12. The van der Waals surface area contributed by atoms with Gasteiger partial charge in [-0.2, -0.15) is 0 Å². The number of carbonyl (C=O) groups excluding carboxylic acids is 1. The van der Waals surface area contributed by atoms with Crippen LogP contribution in [0.3, 0.4) is 0 Å². The van der Waals surface area contributed by atoms with Crippen LogP contribution in [0.2, 0.25) is 0 Å². The van der Waals surface area contributed by atoms with Gasteiger partial charge in [-0.05, 0) is 42.0 Å². The molecule has 0 atom stereocenters. The Kier molecular flexibility index (Phi) is 6.07. The Balaban J connectivity index is 1.66. The van der Waals surface area contributed by atoms with Gasteiger partial charge in [0, 0.05) is 31.5 Å². The maximum absolute atomic E-state index is 13.1. The number of ether oxygens (including phenoxy) is 1. The number of aromatic nitrogens is 2. The van der Waals surface area contributed by atoms with Crippen molar-refractivity contribution in [3.63, 3.8) is 0 Å². The van der Waals surface area contributed by atoms with Crippen molar-refractivity contribution in [1.82, 2.24) is 14.5 Å². The molecular weight excluding hydrogens is 357 g/mol. The lowest BCUT2D eigenvalue weighted by Crippen LogP contribution is -2.30. The molecule has 1 amide bonds. The number of hydrogen-bond acceptors (Lipinski definition) is 3. The predicted octanol–water partition coefficient (Wildman–Crippen LogP) is 3.41. The third-order valence-electron chi connectivity index (χ3n) is 4.25. The fourth-order valence-electron chi connectivity index (χ4n) is 2.68. The minimum Gasteiger partial charge on any atom is -0.486 e. The number of benzene rings is 2. The van der Waals surface area contributed by atoms with Crippen LogP contribution in [0.1, 0.15) is 21.7 Å². The maximum atomic E-state index is 13.1. The van der Waals surface area contributed by atoms with Gasteiger partial charge in [0.1, 0.15) is 24.0 Å². The number of imidazole rings is 1. The smallest absolute Gasteiger partial charge is 0.254 e. The van der Waals surface area contributed by atoms with E-state index in [9.17, 15) is 9.18 Å². The van der Waals surface area contributed by atoms with Gasteiger partial charge in [0.2, 0.25) is 0 Å². The zero-order valence-electron chi connectivity index (χ0n) is 15.5. The van der Waals surface area contributed by atoms with E-state index in [0.29, 0.717) is 24.5 Å². The first kappa shape index (κ1) is 19.2. The molecule has 0 N–H and O–H groups in total. The van der Waals surface area contributed by atoms with E-state index in [1.54, 1.807) is 42.6 Å². The summed E-state index contributed by atoms with van der Waals surface area (Å²) in [5.41, 5.74) is 1.31. The topological polar surface area (TPSA) is 47.4 Å². The molecule has 5 nitrogen and oxygen atoms in total. The van der Waals surface area contributed by atoms with Crippen molar-refractivity contribution in [3.8, 4) is 18.1 Å². The number of nitrogens with zero attached hydrogens (tertiary/aromatic N) is 3. The van der Waals surface area contributed by atoms with Gasteiger partial charge in [-0.1, -0.05) is 18.1 Å². The van der Waals surface area contributed by atoms with Crippen molar-refractivity contribution < 1.29 is 13.9 Å². The number of terminal acetylenes is 1. The second-order valence-electron chi connectivity index (χ2n) is 6.26. The molecule has 0 unspecified atom stereocenters. The number of carbonyl (C=O) groups is 1. The monoisotopic (exact) mass is 377 g/mol. The van der Waals surface area contributed by atoms with E-state index in [-0.39, 0.29) is 18.3 Å². The summed E-state index contributed by atoms with van der Waals surface area (Å²) < 4.78 is 20.7. The molecule has 142 valence electrons.